The standard InChI is InChI=1S/C50H80O28/c1-18-11-49-9-5-24-47(2,7-4-8-48(24,3)46(68)77-44-39(34(63)29(58)22(15-54)73-44)75-42-37(66)32(61)27(56)20(13-52)71-42)25(49)6-10-50(18,17-49)78-45-40(76-43-38(67)33(62)28(57)21(14-53)72-43)35(64)30(59)23(74-45)16-69-41-36(65)31(60)26(55)19(12-51)70-41/h19-45,51-67H,1,4-17H2,2-3H3/t19?,20?,21?,22?,23?,24?,25-,26?,27?,28?,29?,30?,31?,32?,33?,34?,35?,36?,37?,38?,39?,40?,41?,42?,43?,44?,45?,47+,48+,49+,50?/m0/s1. The molecule has 27 unspecified atom stereocenters. The predicted octanol–water partition coefficient (Wildman–Crippen LogP) is -7.29. The highest BCUT2D eigenvalue weighted by Crippen LogP contribution is 2.74. The fourth-order valence-electron chi connectivity index (χ4n) is 14.9. The van der Waals surface area contributed by atoms with E-state index < -0.39 is 214 Å². The van der Waals surface area contributed by atoms with Crippen molar-refractivity contribution >= 4 is 5.97 Å². The molecular formula is C50H80O28. The first kappa shape index (κ1) is 60.8. The maximum atomic E-state index is 14.9. The summed E-state index contributed by atoms with van der Waals surface area (Å²) in [4.78, 5) is 14.9. The van der Waals surface area contributed by atoms with Gasteiger partial charge in [0.25, 0.3) is 0 Å². The van der Waals surface area contributed by atoms with E-state index in [1.165, 1.54) is 0 Å². The molecule has 17 N–H and O–H groups in total. The van der Waals surface area contributed by atoms with Gasteiger partial charge < -0.3 is 134 Å². The molecule has 448 valence electrons. The van der Waals surface area contributed by atoms with Gasteiger partial charge in [0.1, 0.15) is 116 Å². The summed E-state index contributed by atoms with van der Waals surface area (Å²) < 4.78 is 59.5. The number of aliphatic hydroxyl groups excluding tert-OH is 17. The van der Waals surface area contributed by atoms with E-state index in [1.807, 2.05) is 0 Å². The quantitative estimate of drug-likeness (QED) is 0.0411. The van der Waals surface area contributed by atoms with Crippen LogP contribution in [0.2, 0.25) is 0 Å². The van der Waals surface area contributed by atoms with Gasteiger partial charge in [-0.15, -0.1) is 0 Å². The van der Waals surface area contributed by atoms with Crippen molar-refractivity contribution in [2.75, 3.05) is 33.0 Å². The van der Waals surface area contributed by atoms with Crippen molar-refractivity contribution in [3.05, 3.63) is 12.2 Å². The zero-order valence-corrected chi connectivity index (χ0v) is 43.3. The summed E-state index contributed by atoms with van der Waals surface area (Å²) in [6.07, 6.45) is -38.9. The second kappa shape index (κ2) is 23.3. The fourth-order valence-corrected chi connectivity index (χ4v) is 14.9. The number of hydrogen-bond acceptors (Lipinski definition) is 28. The molecule has 5 heterocycles. The van der Waals surface area contributed by atoms with Crippen LogP contribution in [-0.2, 0) is 52.2 Å². The van der Waals surface area contributed by atoms with Crippen molar-refractivity contribution in [2.24, 2.45) is 28.1 Å². The Morgan fingerprint density at radius 2 is 0.949 bits per heavy atom. The number of rotatable bonds is 15. The molecule has 1 spiro atoms. The lowest BCUT2D eigenvalue weighted by Crippen LogP contribution is -2.66. The molecule has 0 aromatic heterocycles. The van der Waals surface area contributed by atoms with E-state index in [1.54, 1.807) is 6.92 Å². The third-order valence-electron chi connectivity index (χ3n) is 19.2. The molecule has 4 aliphatic carbocycles. The first-order valence-corrected chi connectivity index (χ1v) is 26.9. The number of fused-ring (bicyclic) bond motifs is 3. The lowest BCUT2D eigenvalue weighted by Gasteiger charge is -2.64. The Hall–Kier alpha value is -1.83. The van der Waals surface area contributed by atoms with Crippen LogP contribution in [0.4, 0.5) is 0 Å². The van der Waals surface area contributed by atoms with Crippen molar-refractivity contribution in [2.45, 2.75) is 231 Å². The maximum Gasteiger partial charge on any atom is 0.314 e. The number of carbonyl (C=O) groups excluding carboxylic acids is 1. The molecule has 9 aliphatic rings. The van der Waals surface area contributed by atoms with Crippen LogP contribution < -0.4 is 0 Å². The Morgan fingerprint density at radius 1 is 0.513 bits per heavy atom. The maximum absolute atomic E-state index is 14.9. The van der Waals surface area contributed by atoms with Crippen LogP contribution in [0.15, 0.2) is 12.2 Å². The van der Waals surface area contributed by atoms with Gasteiger partial charge in [-0.05, 0) is 86.5 Å². The highest BCUT2D eigenvalue weighted by molar-refractivity contribution is 5.77. The van der Waals surface area contributed by atoms with Crippen molar-refractivity contribution in [3.8, 4) is 0 Å². The molecule has 28 heteroatoms. The molecule has 5 aliphatic heterocycles. The van der Waals surface area contributed by atoms with Crippen molar-refractivity contribution in [1.82, 2.24) is 0 Å². The highest BCUT2D eigenvalue weighted by Gasteiger charge is 2.70. The Bertz CT molecular complexity index is 2070. The smallest absolute Gasteiger partial charge is 0.314 e. The summed E-state index contributed by atoms with van der Waals surface area (Å²) in [6.45, 7) is 4.63. The summed E-state index contributed by atoms with van der Waals surface area (Å²) >= 11 is 0. The number of aliphatic hydroxyl groups is 17. The van der Waals surface area contributed by atoms with Crippen LogP contribution >= 0.6 is 0 Å². The minimum absolute atomic E-state index is 0.0587. The zero-order valence-electron chi connectivity index (χ0n) is 43.3. The molecule has 0 amide bonds. The summed E-state index contributed by atoms with van der Waals surface area (Å²) in [5.41, 5.74) is -2.75. The molecule has 4 saturated carbocycles. The summed E-state index contributed by atoms with van der Waals surface area (Å²) in [7, 11) is 0. The normalized spacial score (nSPS) is 54.5. The lowest BCUT2D eigenvalue weighted by atomic mass is 9.41. The average molecular weight is 1130 g/mol. The average Bonchev–Trinajstić information content (AvgIpc) is 3.50. The van der Waals surface area contributed by atoms with Crippen molar-refractivity contribution in [1.29, 1.82) is 0 Å². The van der Waals surface area contributed by atoms with Gasteiger partial charge in [-0.3, -0.25) is 4.79 Å². The van der Waals surface area contributed by atoms with Crippen molar-refractivity contribution in [3.63, 3.8) is 0 Å². The van der Waals surface area contributed by atoms with Gasteiger partial charge in [0.15, 0.2) is 31.3 Å². The molecule has 28 nitrogen and oxygen atoms in total. The van der Waals surface area contributed by atoms with E-state index >= 15 is 0 Å². The SMILES string of the molecule is C=C1C[C@@]23CCC4[C@](C)(C(=O)OC5OC(CO)C(O)C(O)C5OC5OC(CO)C(O)C(O)C5O)CCC[C@@]4(C)[C@@H]2CCC1(OC1OC(COC2OC(CO)C(O)C(O)C2O)C(O)C(O)C1OC1OC(CO)C(O)C(O)C1O)C3. The molecular weight excluding hydrogens is 1050 g/mol. The Kier molecular flexibility index (Phi) is 18.2. The van der Waals surface area contributed by atoms with Gasteiger partial charge in [0, 0.05) is 0 Å². The Morgan fingerprint density at radius 3 is 1.47 bits per heavy atom. The van der Waals surface area contributed by atoms with Gasteiger partial charge in [-0.1, -0.05) is 19.9 Å². The monoisotopic (exact) mass is 1130 g/mol. The Balaban J connectivity index is 0.943. The van der Waals surface area contributed by atoms with E-state index in [9.17, 15) is 91.6 Å². The molecule has 5 saturated heterocycles. The fraction of sp³-hybridized carbons (Fsp3) is 0.940. The highest BCUT2D eigenvalue weighted by atomic mass is 16.8. The molecule has 0 aromatic carbocycles. The molecule has 9 rings (SSSR count). The van der Waals surface area contributed by atoms with Crippen LogP contribution in [-0.4, -0.2) is 285 Å². The summed E-state index contributed by atoms with van der Waals surface area (Å²) in [6, 6.07) is 0. The van der Waals surface area contributed by atoms with Crippen LogP contribution in [0.3, 0.4) is 0 Å². The van der Waals surface area contributed by atoms with Crippen LogP contribution in [0.5, 0.6) is 0 Å². The number of esters is 1. The minimum atomic E-state index is -1.94. The third-order valence-corrected chi connectivity index (χ3v) is 19.2. The topological polar surface area (TPSA) is 453 Å². The van der Waals surface area contributed by atoms with E-state index in [4.69, 9.17) is 47.4 Å². The van der Waals surface area contributed by atoms with Crippen LogP contribution in [0.1, 0.15) is 71.6 Å². The second-order valence-electron chi connectivity index (χ2n) is 23.7. The molecule has 78 heavy (non-hydrogen) atoms. The molecule has 9 fully saturated rings. The van der Waals surface area contributed by atoms with E-state index in [0.717, 1.165) is 0 Å². The molecule has 2 bridgehead atoms. The molecule has 0 radical (unpaired) electrons. The van der Waals surface area contributed by atoms with E-state index in [0.29, 0.717) is 63.4 Å². The first-order valence-electron chi connectivity index (χ1n) is 26.9. The number of carbonyl (C=O) groups is 1. The van der Waals surface area contributed by atoms with E-state index in [2.05, 4.69) is 13.5 Å². The Labute approximate surface area is 448 Å². The molecule has 31 atom stereocenters. The van der Waals surface area contributed by atoms with Gasteiger partial charge in [0.05, 0.1) is 44.1 Å². The first-order chi connectivity index (χ1) is 36.8. The second-order valence-corrected chi connectivity index (χ2v) is 23.7. The summed E-state index contributed by atoms with van der Waals surface area (Å²) in [5.74, 6) is -1.12. The van der Waals surface area contributed by atoms with Gasteiger partial charge in [0.2, 0.25) is 6.29 Å². The minimum Gasteiger partial charge on any atom is -0.432 e. The van der Waals surface area contributed by atoms with Crippen LogP contribution in [0.25, 0.3) is 0 Å². The predicted molar refractivity (Wildman–Crippen MR) is 252 cm³/mol. The van der Waals surface area contributed by atoms with E-state index in [-0.39, 0.29) is 11.8 Å². The van der Waals surface area contributed by atoms with Crippen LogP contribution in [0, 0.1) is 28.1 Å². The van der Waals surface area contributed by atoms with Crippen molar-refractivity contribution < 1.29 is 139 Å². The zero-order chi connectivity index (χ0) is 56.7. The van der Waals surface area contributed by atoms with Gasteiger partial charge in [-0.2, -0.15) is 0 Å². The third kappa shape index (κ3) is 10.4. The molecule has 0 aromatic rings. The van der Waals surface area contributed by atoms with Gasteiger partial charge >= 0.3 is 5.97 Å². The lowest BCUT2D eigenvalue weighted by molar-refractivity contribution is -0.382. The van der Waals surface area contributed by atoms with Gasteiger partial charge in [-0.25, -0.2) is 0 Å². The number of ether oxygens (including phenoxy) is 10. The largest absolute Gasteiger partial charge is 0.432 e. The summed E-state index contributed by atoms with van der Waals surface area (Å²) in [5, 5.41) is 180. The number of hydrogen-bond donors (Lipinski definition) is 17.